The first-order chi connectivity index (χ1) is 16.8. The summed E-state index contributed by atoms with van der Waals surface area (Å²) in [5.41, 5.74) is 1.82. The van der Waals surface area contributed by atoms with Gasteiger partial charge in [0.1, 0.15) is 5.75 Å². The molecule has 10 nitrogen and oxygen atoms in total. The molecule has 0 spiro atoms. The third-order valence-corrected chi connectivity index (χ3v) is 7.49. The van der Waals surface area contributed by atoms with Crippen molar-refractivity contribution < 1.29 is 22.7 Å². The Morgan fingerprint density at radius 3 is 2.63 bits per heavy atom. The SMILES string of the molecule is COc1ccccc1C(=O)c1cc(C)ccc1NC(=O)Nc1ncc(CS(=O)(=O)c2ncc[nH]2)s1. The second-order valence-electron chi connectivity index (χ2n) is 7.44. The van der Waals surface area contributed by atoms with Gasteiger partial charge < -0.3 is 15.0 Å². The standard InChI is InChI=1S/C23H21N5O5S2/c1-14-7-8-18(17(11-14)20(29)16-5-3-4-6-19(16)33-2)27-21(30)28-22-26-12-15(34-22)13-35(31,32)23-24-9-10-25-23/h3-12H,13H2,1-2H3,(H,24,25)(H2,26,27,28,30). The van der Waals surface area contributed by atoms with Crippen LogP contribution in [0.3, 0.4) is 0 Å². The Labute approximate surface area is 205 Å². The molecule has 0 unspecified atom stereocenters. The Morgan fingerprint density at radius 2 is 1.89 bits per heavy atom. The lowest BCUT2D eigenvalue weighted by atomic mass is 9.99. The van der Waals surface area contributed by atoms with E-state index in [2.05, 4.69) is 25.6 Å². The van der Waals surface area contributed by atoms with Crippen molar-refractivity contribution in [2.24, 2.45) is 0 Å². The first-order valence-corrected chi connectivity index (χ1v) is 12.8. The number of aromatic nitrogens is 3. The molecule has 12 heteroatoms. The number of thiazole rings is 1. The molecule has 0 bridgehead atoms. The van der Waals surface area contributed by atoms with Crippen molar-refractivity contribution in [3.8, 4) is 5.75 Å². The van der Waals surface area contributed by atoms with Gasteiger partial charge >= 0.3 is 6.03 Å². The first-order valence-electron chi connectivity index (χ1n) is 10.3. The van der Waals surface area contributed by atoms with Crippen LogP contribution in [-0.2, 0) is 15.6 Å². The molecular weight excluding hydrogens is 490 g/mol. The third-order valence-electron chi connectivity index (χ3n) is 4.89. The van der Waals surface area contributed by atoms with Crippen molar-refractivity contribution in [2.45, 2.75) is 17.8 Å². The number of carbonyl (C=O) groups is 2. The summed E-state index contributed by atoms with van der Waals surface area (Å²) in [7, 11) is -2.17. The fraction of sp³-hybridized carbons (Fsp3) is 0.130. The molecule has 180 valence electrons. The number of carbonyl (C=O) groups excluding carboxylic acids is 2. The van der Waals surface area contributed by atoms with Crippen LogP contribution in [0.25, 0.3) is 0 Å². The summed E-state index contributed by atoms with van der Waals surface area (Å²) in [6, 6.07) is 11.3. The molecule has 2 amide bonds. The van der Waals surface area contributed by atoms with E-state index in [0.717, 1.165) is 16.9 Å². The van der Waals surface area contributed by atoms with Crippen LogP contribution in [-0.4, -0.2) is 42.3 Å². The van der Waals surface area contributed by atoms with Crippen molar-refractivity contribution in [3.63, 3.8) is 0 Å². The van der Waals surface area contributed by atoms with Gasteiger partial charge in [-0.2, -0.15) is 0 Å². The van der Waals surface area contributed by atoms with E-state index in [1.165, 1.54) is 25.7 Å². The van der Waals surface area contributed by atoms with Crippen LogP contribution >= 0.6 is 11.3 Å². The van der Waals surface area contributed by atoms with E-state index in [1.807, 2.05) is 6.92 Å². The number of aromatic amines is 1. The normalized spacial score (nSPS) is 11.1. The molecule has 4 aromatic rings. The molecule has 2 aromatic heterocycles. The number of sulfone groups is 1. The molecule has 0 aliphatic heterocycles. The van der Waals surface area contributed by atoms with Crippen LogP contribution in [0.5, 0.6) is 5.75 Å². The van der Waals surface area contributed by atoms with Gasteiger partial charge in [-0.15, -0.1) is 11.3 Å². The van der Waals surface area contributed by atoms with Gasteiger partial charge in [0.25, 0.3) is 0 Å². The van der Waals surface area contributed by atoms with Crippen LogP contribution in [0.15, 0.2) is 66.2 Å². The number of ketones is 1. The van der Waals surface area contributed by atoms with Crippen molar-refractivity contribution >= 4 is 43.8 Å². The van der Waals surface area contributed by atoms with E-state index in [1.54, 1.807) is 42.5 Å². The fourth-order valence-electron chi connectivity index (χ4n) is 3.29. The number of H-pyrrole nitrogens is 1. The van der Waals surface area contributed by atoms with Gasteiger partial charge in [0.15, 0.2) is 10.9 Å². The Bertz CT molecular complexity index is 1480. The van der Waals surface area contributed by atoms with E-state index in [0.29, 0.717) is 27.4 Å². The molecule has 0 fully saturated rings. The van der Waals surface area contributed by atoms with Crippen molar-refractivity contribution in [3.05, 3.63) is 82.6 Å². The van der Waals surface area contributed by atoms with Gasteiger partial charge in [-0.3, -0.25) is 10.1 Å². The maximum absolute atomic E-state index is 13.2. The molecule has 35 heavy (non-hydrogen) atoms. The number of benzene rings is 2. The zero-order valence-electron chi connectivity index (χ0n) is 18.7. The zero-order chi connectivity index (χ0) is 25.0. The number of para-hydroxylation sites is 1. The summed E-state index contributed by atoms with van der Waals surface area (Å²) < 4.78 is 30.0. The van der Waals surface area contributed by atoms with Crippen molar-refractivity contribution in [2.75, 3.05) is 17.7 Å². The monoisotopic (exact) mass is 511 g/mol. The van der Waals surface area contributed by atoms with Gasteiger partial charge in [0, 0.05) is 29.0 Å². The van der Waals surface area contributed by atoms with E-state index in [9.17, 15) is 18.0 Å². The smallest absolute Gasteiger partial charge is 0.325 e. The van der Waals surface area contributed by atoms with Gasteiger partial charge in [-0.1, -0.05) is 23.8 Å². The minimum atomic E-state index is -3.66. The number of imidazole rings is 1. The molecular formula is C23H21N5O5S2. The third kappa shape index (κ3) is 5.55. The maximum atomic E-state index is 13.2. The molecule has 3 N–H and O–H groups in total. The molecule has 4 rings (SSSR count). The molecule has 0 saturated heterocycles. The largest absolute Gasteiger partial charge is 0.496 e. The number of nitrogens with one attached hydrogen (secondary N) is 3. The number of urea groups is 1. The molecule has 2 heterocycles. The van der Waals surface area contributed by atoms with E-state index in [4.69, 9.17) is 4.74 Å². The molecule has 0 aliphatic rings. The van der Waals surface area contributed by atoms with Crippen molar-refractivity contribution in [1.29, 1.82) is 0 Å². The quantitative estimate of drug-likeness (QED) is 0.303. The lowest BCUT2D eigenvalue weighted by molar-refractivity contribution is 0.103. The fourth-order valence-corrected chi connectivity index (χ4v) is 5.65. The molecule has 2 aromatic carbocycles. The van der Waals surface area contributed by atoms with E-state index >= 15 is 0 Å². The first kappa shape index (κ1) is 24.1. The number of amides is 2. The second-order valence-corrected chi connectivity index (χ2v) is 10.5. The predicted octanol–water partition coefficient (Wildman–Crippen LogP) is 4.03. The summed E-state index contributed by atoms with van der Waals surface area (Å²) in [4.78, 5) is 36.8. The average molecular weight is 512 g/mol. The molecule has 0 saturated carbocycles. The van der Waals surface area contributed by atoms with Gasteiger partial charge in [-0.05, 0) is 31.2 Å². The summed E-state index contributed by atoms with van der Waals surface area (Å²) >= 11 is 1.02. The number of ether oxygens (including phenoxy) is 1. The number of methoxy groups -OCH3 is 1. The highest BCUT2D eigenvalue weighted by atomic mass is 32.2. The van der Waals surface area contributed by atoms with Crippen LogP contribution < -0.4 is 15.4 Å². The number of aryl methyl sites for hydroxylation is 1. The highest BCUT2D eigenvalue weighted by Crippen LogP contribution is 2.27. The topological polar surface area (TPSA) is 143 Å². The minimum absolute atomic E-state index is 0.134. The van der Waals surface area contributed by atoms with Crippen LogP contribution in [0, 0.1) is 6.92 Å². The lowest BCUT2D eigenvalue weighted by Crippen LogP contribution is -2.21. The summed E-state index contributed by atoms with van der Waals surface area (Å²) in [6.45, 7) is 1.84. The van der Waals surface area contributed by atoms with E-state index < -0.39 is 15.9 Å². The zero-order valence-corrected chi connectivity index (χ0v) is 20.4. The van der Waals surface area contributed by atoms with Crippen LogP contribution in [0.4, 0.5) is 15.6 Å². The number of hydrogen-bond acceptors (Lipinski definition) is 8. The number of nitrogens with zero attached hydrogens (tertiary/aromatic N) is 2. The lowest BCUT2D eigenvalue weighted by Gasteiger charge is -2.13. The highest BCUT2D eigenvalue weighted by molar-refractivity contribution is 7.90. The summed E-state index contributed by atoms with van der Waals surface area (Å²) in [5, 5.41) is 5.32. The molecule has 0 radical (unpaired) electrons. The molecule has 0 atom stereocenters. The highest BCUT2D eigenvalue weighted by Gasteiger charge is 2.21. The Hall–Kier alpha value is -4.03. The van der Waals surface area contributed by atoms with Crippen LogP contribution in [0.2, 0.25) is 0 Å². The Balaban J connectivity index is 1.49. The Morgan fingerprint density at radius 1 is 1.09 bits per heavy atom. The number of rotatable bonds is 8. The average Bonchev–Trinajstić information content (AvgIpc) is 3.52. The van der Waals surface area contributed by atoms with E-state index in [-0.39, 0.29) is 21.8 Å². The summed E-state index contributed by atoms with van der Waals surface area (Å²) in [6.07, 6.45) is 4.16. The van der Waals surface area contributed by atoms with Gasteiger partial charge in [0.2, 0.25) is 15.0 Å². The van der Waals surface area contributed by atoms with Crippen LogP contribution in [0.1, 0.15) is 26.4 Å². The van der Waals surface area contributed by atoms with Gasteiger partial charge in [-0.25, -0.2) is 23.2 Å². The second kappa shape index (κ2) is 10.1. The minimum Gasteiger partial charge on any atom is -0.496 e. The van der Waals surface area contributed by atoms with Gasteiger partial charge in [0.05, 0.1) is 24.1 Å². The molecule has 0 aliphatic carbocycles. The number of hydrogen-bond donors (Lipinski definition) is 3. The predicted molar refractivity (Wildman–Crippen MR) is 132 cm³/mol. The van der Waals surface area contributed by atoms with Crippen molar-refractivity contribution in [1.82, 2.24) is 15.0 Å². The maximum Gasteiger partial charge on any atom is 0.325 e. The number of anilines is 2. The Kier molecular flexibility index (Phi) is 6.94. The summed E-state index contributed by atoms with van der Waals surface area (Å²) in [5.74, 6) is -0.188.